The topological polar surface area (TPSA) is 104 Å². The van der Waals surface area contributed by atoms with Crippen LogP contribution in [-0.4, -0.2) is 50.7 Å². The predicted octanol–water partition coefficient (Wildman–Crippen LogP) is 1.63. The van der Waals surface area contributed by atoms with Gasteiger partial charge in [-0.05, 0) is 44.9 Å². The summed E-state index contributed by atoms with van der Waals surface area (Å²) in [7, 11) is 3.30. The number of rotatable bonds is 7. The minimum atomic E-state index is -0.497. The fourth-order valence-corrected chi connectivity index (χ4v) is 2.17. The lowest BCUT2D eigenvalue weighted by Crippen LogP contribution is -2.39. The van der Waals surface area contributed by atoms with Crippen molar-refractivity contribution in [2.24, 2.45) is 4.99 Å². The Labute approximate surface area is 161 Å². The molecule has 8 nitrogen and oxygen atoms in total. The Morgan fingerprint density at radius 1 is 1.11 bits per heavy atom. The van der Waals surface area contributed by atoms with Crippen molar-refractivity contribution in [3.05, 3.63) is 35.4 Å². The van der Waals surface area contributed by atoms with Crippen LogP contribution in [0.25, 0.3) is 0 Å². The van der Waals surface area contributed by atoms with E-state index in [0.29, 0.717) is 31.2 Å². The zero-order chi connectivity index (χ0) is 20.3. The fraction of sp³-hybridized carbons (Fsp3) is 0.526. The number of ether oxygens (including phenoxy) is 1. The maximum absolute atomic E-state index is 11.7. The number of carbonyl (C=O) groups excluding carboxylic acids is 2. The molecule has 1 aromatic rings. The van der Waals surface area contributed by atoms with Crippen LogP contribution in [0.1, 0.15) is 43.1 Å². The number of aliphatic imine (C=N–C) groups is 1. The molecule has 0 fully saturated rings. The molecule has 8 heteroatoms. The third-order valence-corrected chi connectivity index (χ3v) is 3.41. The van der Waals surface area contributed by atoms with Gasteiger partial charge in [0.25, 0.3) is 5.91 Å². The van der Waals surface area contributed by atoms with Gasteiger partial charge in [-0.25, -0.2) is 4.79 Å². The maximum Gasteiger partial charge on any atom is 0.407 e. The molecule has 4 N–H and O–H groups in total. The van der Waals surface area contributed by atoms with Gasteiger partial charge in [0.05, 0.1) is 0 Å². The van der Waals surface area contributed by atoms with Gasteiger partial charge in [0, 0.05) is 39.3 Å². The van der Waals surface area contributed by atoms with Crippen molar-refractivity contribution in [2.75, 3.05) is 27.2 Å². The molecular formula is C19H31N5O3. The number of hydrogen-bond acceptors (Lipinski definition) is 4. The van der Waals surface area contributed by atoms with Crippen molar-refractivity contribution in [1.29, 1.82) is 0 Å². The highest BCUT2D eigenvalue weighted by atomic mass is 16.6. The predicted molar refractivity (Wildman–Crippen MR) is 107 cm³/mol. The fourth-order valence-electron chi connectivity index (χ4n) is 2.17. The van der Waals surface area contributed by atoms with Crippen LogP contribution in [0.2, 0.25) is 0 Å². The molecule has 0 saturated carbocycles. The number of nitrogens with one attached hydrogen (secondary N) is 4. The summed E-state index contributed by atoms with van der Waals surface area (Å²) in [6, 6.07) is 7.40. The van der Waals surface area contributed by atoms with Crippen molar-refractivity contribution >= 4 is 18.0 Å². The average Bonchev–Trinajstić information content (AvgIpc) is 2.62. The Morgan fingerprint density at radius 2 is 1.81 bits per heavy atom. The third-order valence-electron chi connectivity index (χ3n) is 3.41. The molecule has 0 bridgehead atoms. The maximum atomic E-state index is 11.7. The molecule has 0 saturated heterocycles. The van der Waals surface area contributed by atoms with E-state index in [1.54, 1.807) is 20.2 Å². The van der Waals surface area contributed by atoms with Gasteiger partial charge in [0.2, 0.25) is 0 Å². The van der Waals surface area contributed by atoms with Gasteiger partial charge >= 0.3 is 6.09 Å². The largest absolute Gasteiger partial charge is 0.444 e. The Kier molecular flexibility index (Phi) is 9.12. The summed E-state index contributed by atoms with van der Waals surface area (Å²) >= 11 is 0. The van der Waals surface area contributed by atoms with Crippen molar-refractivity contribution < 1.29 is 14.3 Å². The molecule has 0 aliphatic carbocycles. The van der Waals surface area contributed by atoms with E-state index in [1.165, 1.54) is 0 Å². The van der Waals surface area contributed by atoms with E-state index in [0.717, 1.165) is 12.0 Å². The summed E-state index contributed by atoms with van der Waals surface area (Å²) in [5.74, 6) is 0.537. The minimum absolute atomic E-state index is 0.114. The van der Waals surface area contributed by atoms with E-state index >= 15 is 0 Å². The van der Waals surface area contributed by atoms with E-state index in [9.17, 15) is 9.59 Å². The quantitative estimate of drug-likeness (QED) is 0.328. The van der Waals surface area contributed by atoms with Gasteiger partial charge < -0.3 is 26.0 Å². The molecular weight excluding hydrogens is 346 g/mol. The molecule has 0 atom stereocenters. The highest BCUT2D eigenvalue weighted by Crippen LogP contribution is 2.06. The second kappa shape index (κ2) is 11.1. The van der Waals surface area contributed by atoms with Crippen LogP contribution in [0.15, 0.2) is 29.3 Å². The monoisotopic (exact) mass is 377 g/mol. The SMILES string of the molecule is CN=C(NCCCNC(=O)OC(C)(C)C)NCc1cccc(C(=O)NC)c1. The molecule has 0 aliphatic rings. The zero-order valence-corrected chi connectivity index (χ0v) is 16.8. The number of nitrogens with zero attached hydrogens (tertiary/aromatic N) is 1. The summed E-state index contributed by atoms with van der Waals surface area (Å²) in [6.45, 7) is 7.18. The highest BCUT2D eigenvalue weighted by Gasteiger charge is 2.15. The lowest BCUT2D eigenvalue weighted by atomic mass is 10.1. The van der Waals surface area contributed by atoms with E-state index in [1.807, 2.05) is 39.0 Å². The van der Waals surface area contributed by atoms with Crippen LogP contribution in [0.5, 0.6) is 0 Å². The molecule has 27 heavy (non-hydrogen) atoms. The standard InChI is InChI=1S/C19H31N5O3/c1-19(2,3)27-18(26)23-11-7-10-22-17(21-5)24-13-14-8-6-9-15(12-14)16(25)20-4/h6,8-9,12H,7,10-11,13H2,1-5H3,(H,20,25)(H,23,26)(H2,21,22,24). The molecule has 1 rings (SSSR count). The average molecular weight is 377 g/mol. The molecule has 2 amide bonds. The zero-order valence-electron chi connectivity index (χ0n) is 16.8. The summed E-state index contributed by atoms with van der Waals surface area (Å²) in [5.41, 5.74) is 1.10. The number of guanidine groups is 1. The third kappa shape index (κ3) is 9.48. The molecule has 1 aromatic carbocycles. The first-order valence-electron chi connectivity index (χ1n) is 8.97. The molecule has 0 heterocycles. The van der Waals surface area contributed by atoms with Gasteiger partial charge in [0.1, 0.15) is 5.60 Å². The van der Waals surface area contributed by atoms with Crippen LogP contribution in [0.4, 0.5) is 4.79 Å². The van der Waals surface area contributed by atoms with Gasteiger partial charge in [-0.2, -0.15) is 0 Å². The number of amides is 2. The molecule has 0 spiro atoms. The molecule has 0 aromatic heterocycles. The lowest BCUT2D eigenvalue weighted by Gasteiger charge is -2.19. The van der Waals surface area contributed by atoms with Crippen LogP contribution in [0.3, 0.4) is 0 Å². The summed E-state index contributed by atoms with van der Waals surface area (Å²) in [4.78, 5) is 27.4. The first kappa shape index (κ1) is 22.3. The lowest BCUT2D eigenvalue weighted by molar-refractivity contribution is 0.0527. The second-order valence-electron chi connectivity index (χ2n) is 6.91. The van der Waals surface area contributed by atoms with Crippen molar-refractivity contribution in [1.82, 2.24) is 21.3 Å². The highest BCUT2D eigenvalue weighted by molar-refractivity contribution is 5.94. The number of alkyl carbamates (subject to hydrolysis) is 1. The molecule has 0 radical (unpaired) electrons. The summed E-state index contributed by atoms with van der Waals surface area (Å²) in [5, 5.41) is 11.7. The second-order valence-corrected chi connectivity index (χ2v) is 6.91. The summed E-state index contributed by atoms with van der Waals surface area (Å²) < 4.78 is 5.17. The van der Waals surface area contributed by atoms with Gasteiger partial charge in [0.15, 0.2) is 5.96 Å². The van der Waals surface area contributed by atoms with Crippen LogP contribution >= 0.6 is 0 Å². The van der Waals surface area contributed by atoms with E-state index in [2.05, 4.69) is 26.3 Å². The number of hydrogen-bond donors (Lipinski definition) is 4. The summed E-state index contributed by atoms with van der Waals surface area (Å²) in [6.07, 6.45) is 0.313. The van der Waals surface area contributed by atoms with E-state index in [-0.39, 0.29) is 5.91 Å². The van der Waals surface area contributed by atoms with Crippen molar-refractivity contribution in [3.63, 3.8) is 0 Å². The van der Waals surface area contributed by atoms with Crippen molar-refractivity contribution in [3.8, 4) is 0 Å². The Morgan fingerprint density at radius 3 is 2.44 bits per heavy atom. The minimum Gasteiger partial charge on any atom is -0.444 e. The Bertz CT molecular complexity index is 653. The molecule has 0 unspecified atom stereocenters. The van der Waals surface area contributed by atoms with Gasteiger partial charge in [-0.15, -0.1) is 0 Å². The number of carbonyl (C=O) groups is 2. The van der Waals surface area contributed by atoms with Gasteiger partial charge in [-0.1, -0.05) is 12.1 Å². The molecule has 150 valence electrons. The number of benzene rings is 1. The van der Waals surface area contributed by atoms with E-state index < -0.39 is 11.7 Å². The van der Waals surface area contributed by atoms with Crippen molar-refractivity contribution in [2.45, 2.75) is 39.3 Å². The van der Waals surface area contributed by atoms with Crippen LogP contribution in [-0.2, 0) is 11.3 Å². The van der Waals surface area contributed by atoms with Crippen LogP contribution < -0.4 is 21.3 Å². The molecule has 0 aliphatic heterocycles. The normalized spacial score (nSPS) is 11.5. The van der Waals surface area contributed by atoms with E-state index in [4.69, 9.17) is 4.74 Å². The van der Waals surface area contributed by atoms with Crippen LogP contribution in [0, 0.1) is 0 Å². The van der Waals surface area contributed by atoms with Gasteiger partial charge in [-0.3, -0.25) is 9.79 Å². The first-order chi connectivity index (χ1) is 12.7. The smallest absolute Gasteiger partial charge is 0.407 e. The Hall–Kier alpha value is -2.77. The first-order valence-corrected chi connectivity index (χ1v) is 8.97. The Balaban J connectivity index is 2.31.